The van der Waals surface area contributed by atoms with Gasteiger partial charge in [-0.3, -0.25) is 4.79 Å². The van der Waals surface area contributed by atoms with E-state index in [1.165, 1.54) is 31.3 Å². The van der Waals surface area contributed by atoms with Crippen molar-refractivity contribution in [2.24, 2.45) is 46.3 Å². The van der Waals surface area contributed by atoms with Gasteiger partial charge in [0.25, 0.3) is 0 Å². The summed E-state index contributed by atoms with van der Waals surface area (Å²) in [6.07, 6.45) is 18.5. The number of fused-ring (bicyclic) bond motifs is 5. The van der Waals surface area contributed by atoms with E-state index in [9.17, 15) is 4.79 Å². The molecule has 0 unspecified atom stereocenters. The van der Waals surface area contributed by atoms with Crippen molar-refractivity contribution in [1.82, 2.24) is 0 Å². The summed E-state index contributed by atoms with van der Waals surface area (Å²) in [5.74, 6) is 4.11. The first kappa shape index (κ1) is 23.8. The number of hydrogen-bond acceptors (Lipinski definition) is 2. The molecule has 4 aliphatic rings. The van der Waals surface area contributed by atoms with Crippen molar-refractivity contribution in [2.75, 3.05) is 0 Å². The monoisotopic (exact) mass is 438 g/mol. The van der Waals surface area contributed by atoms with Crippen LogP contribution in [0.4, 0.5) is 0 Å². The maximum atomic E-state index is 11.5. The summed E-state index contributed by atoms with van der Waals surface area (Å²) in [7, 11) is 0. The van der Waals surface area contributed by atoms with Crippen molar-refractivity contribution in [3.63, 3.8) is 0 Å². The summed E-state index contributed by atoms with van der Waals surface area (Å²) in [4.78, 5) is 11.5. The van der Waals surface area contributed by atoms with Crippen LogP contribution in [0, 0.1) is 46.3 Å². The molecule has 4 aliphatic carbocycles. The standard InChI is InChI=1S/C30H46O2/c1-19(2)20(3)8-9-21(4)26-12-13-27-25-11-10-23-18-24(32-22(5)31)14-16-29(23,6)28(25)15-17-30(26,27)7/h8-11,19-21,24,26-28H,12-18H2,1-7H3/b9-8+/t20-,21+,24-,26+,27-,28+,29+,30+/m0/s1. The highest BCUT2D eigenvalue weighted by Crippen LogP contribution is 2.66. The van der Waals surface area contributed by atoms with E-state index < -0.39 is 0 Å². The second-order valence-electron chi connectivity index (χ2n) is 12.4. The van der Waals surface area contributed by atoms with Crippen LogP contribution in [0.3, 0.4) is 0 Å². The molecule has 2 nitrogen and oxygen atoms in total. The van der Waals surface area contributed by atoms with Gasteiger partial charge >= 0.3 is 5.97 Å². The molecule has 0 amide bonds. The van der Waals surface area contributed by atoms with Crippen molar-refractivity contribution in [3.05, 3.63) is 35.5 Å². The molecule has 0 bridgehead atoms. The van der Waals surface area contributed by atoms with Gasteiger partial charge in [-0.1, -0.05) is 77.0 Å². The van der Waals surface area contributed by atoms with Crippen molar-refractivity contribution in [1.29, 1.82) is 0 Å². The molecule has 0 aromatic heterocycles. The van der Waals surface area contributed by atoms with Crippen LogP contribution in [-0.4, -0.2) is 12.1 Å². The topological polar surface area (TPSA) is 26.3 Å². The molecule has 2 heteroatoms. The van der Waals surface area contributed by atoms with E-state index in [-0.39, 0.29) is 17.5 Å². The lowest BCUT2D eigenvalue weighted by Gasteiger charge is -2.55. The van der Waals surface area contributed by atoms with Crippen LogP contribution in [0.25, 0.3) is 0 Å². The van der Waals surface area contributed by atoms with Crippen LogP contribution in [0.2, 0.25) is 0 Å². The number of hydrogen-bond donors (Lipinski definition) is 0. The number of esters is 1. The largest absolute Gasteiger partial charge is 0.462 e. The van der Waals surface area contributed by atoms with Crippen LogP contribution in [0.15, 0.2) is 35.5 Å². The van der Waals surface area contributed by atoms with Gasteiger partial charge in [-0.25, -0.2) is 0 Å². The van der Waals surface area contributed by atoms with E-state index in [0.29, 0.717) is 29.1 Å². The zero-order chi connectivity index (χ0) is 23.3. The van der Waals surface area contributed by atoms with Gasteiger partial charge in [-0.05, 0) is 84.9 Å². The molecule has 0 aromatic rings. The number of ether oxygens (including phenoxy) is 1. The van der Waals surface area contributed by atoms with E-state index in [0.717, 1.165) is 31.1 Å². The Kier molecular flexibility index (Phi) is 6.56. The first-order valence-corrected chi connectivity index (χ1v) is 13.3. The Hall–Kier alpha value is -1.31. The molecule has 8 atom stereocenters. The van der Waals surface area contributed by atoms with Gasteiger partial charge < -0.3 is 4.74 Å². The quantitative estimate of drug-likeness (QED) is 0.322. The zero-order valence-corrected chi connectivity index (χ0v) is 21.6. The lowest BCUT2D eigenvalue weighted by molar-refractivity contribution is -0.148. The van der Waals surface area contributed by atoms with Crippen LogP contribution < -0.4 is 0 Å². The lowest BCUT2D eigenvalue weighted by Crippen LogP contribution is -2.46. The van der Waals surface area contributed by atoms with Crippen molar-refractivity contribution in [3.8, 4) is 0 Å². The first-order valence-electron chi connectivity index (χ1n) is 13.3. The predicted octanol–water partition coefficient (Wildman–Crippen LogP) is 7.90. The summed E-state index contributed by atoms with van der Waals surface area (Å²) in [5, 5.41) is 0. The molecule has 0 aliphatic heterocycles. The zero-order valence-electron chi connectivity index (χ0n) is 21.6. The Morgan fingerprint density at radius 1 is 1.00 bits per heavy atom. The third-order valence-corrected chi connectivity index (χ3v) is 10.3. The highest BCUT2D eigenvalue weighted by atomic mass is 16.5. The molecule has 178 valence electrons. The van der Waals surface area contributed by atoms with Crippen LogP contribution in [-0.2, 0) is 9.53 Å². The van der Waals surface area contributed by atoms with Gasteiger partial charge in [0.15, 0.2) is 0 Å². The van der Waals surface area contributed by atoms with E-state index in [1.807, 2.05) is 0 Å². The van der Waals surface area contributed by atoms with Crippen LogP contribution >= 0.6 is 0 Å². The number of allylic oxidation sites excluding steroid dienone is 5. The number of carbonyl (C=O) groups is 1. The second-order valence-corrected chi connectivity index (χ2v) is 12.4. The smallest absolute Gasteiger partial charge is 0.302 e. The van der Waals surface area contributed by atoms with Gasteiger partial charge in [0.05, 0.1) is 0 Å². The summed E-state index contributed by atoms with van der Waals surface area (Å²) in [5.41, 5.74) is 3.98. The summed E-state index contributed by atoms with van der Waals surface area (Å²) in [6.45, 7) is 16.1. The van der Waals surface area contributed by atoms with Crippen molar-refractivity contribution in [2.45, 2.75) is 99.5 Å². The third-order valence-electron chi connectivity index (χ3n) is 10.3. The van der Waals surface area contributed by atoms with E-state index in [1.54, 1.807) is 12.5 Å². The minimum Gasteiger partial charge on any atom is -0.462 e. The van der Waals surface area contributed by atoms with Gasteiger partial charge in [-0.15, -0.1) is 0 Å². The molecule has 0 radical (unpaired) electrons. The fourth-order valence-corrected chi connectivity index (χ4v) is 7.92. The molecule has 32 heavy (non-hydrogen) atoms. The number of rotatable bonds is 5. The maximum Gasteiger partial charge on any atom is 0.302 e. The average Bonchev–Trinajstić information content (AvgIpc) is 3.08. The Morgan fingerprint density at radius 2 is 1.75 bits per heavy atom. The molecule has 4 rings (SSSR count). The minimum absolute atomic E-state index is 0.0763. The summed E-state index contributed by atoms with van der Waals surface area (Å²) < 4.78 is 5.59. The molecular weight excluding hydrogens is 392 g/mol. The lowest BCUT2D eigenvalue weighted by atomic mass is 9.50. The molecule has 3 saturated carbocycles. The second kappa shape index (κ2) is 8.80. The summed E-state index contributed by atoms with van der Waals surface area (Å²) >= 11 is 0. The Labute approximate surface area is 197 Å². The molecular formula is C30H46O2. The van der Waals surface area contributed by atoms with Gasteiger partial charge in [0.1, 0.15) is 6.10 Å². The normalized spacial score (nSPS) is 40.8. The highest BCUT2D eigenvalue weighted by molar-refractivity contribution is 5.66. The molecule has 0 saturated heterocycles. The SMILES string of the molecule is CC(=O)O[C@H]1CC[C@]2(C)C(=CC=C3[C@H]2CC[C@]2(C)[C@@H]([C@H](C)/C=C/[C@H](C)C(C)C)CC[C@@H]32)C1. The van der Waals surface area contributed by atoms with Gasteiger partial charge in [-0.2, -0.15) is 0 Å². The Bertz CT molecular complexity index is 817. The molecule has 3 fully saturated rings. The molecule has 0 N–H and O–H groups in total. The van der Waals surface area contributed by atoms with E-state index >= 15 is 0 Å². The highest BCUT2D eigenvalue weighted by Gasteiger charge is 2.56. The van der Waals surface area contributed by atoms with Gasteiger partial charge in [0.2, 0.25) is 0 Å². The van der Waals surface area contributed by atoms with Crippen molar-refractivity contribution >= 4 is 5.97 Å². The van der Waals surface area contributed by atoms with E-state index in [4.69, 9.17) is 4.74 Å². The van der Waals surface area contributed by atoms with Crippen LogP contribution in [0.5, 0.6) is 0 Å². The van der Waals surface area contributed by atoms with E-state index in [2.05, 4.69) is 65.8 Å². The fraction of sp³-hybridized carbons (Fsp3) is 0.767. The van der Waals surface area contributed by atoms with Gasteiger partial charge in [0, 0.05) is 13.3 Å². The minimum atomic E-state index is -0.136. The molecule has 0 heterocycles. The van der Waals surface area contributed by atoms with Crippen molar-refractivity contribution < 1.29 is 9.53 Å². The fourth-order valence-electron chi connectivity index (χ4n) is 7.92. The molecule has 0 aromatic carbocycles. The summed E-state index contributed by atoms with van der Waals surface area (Å²) in [6, 6.07) is 0. The Morgan fingerprint density at radius 3 is 2.44 bits per heavy atom. The average molecular weight is 439 g/mol. The Balaban J connectivity index is 1.54. The predicted molar refractivity (Wildman–Crippen MR) is 133 cm³/mol. The molecule has 0 spiro atoms. The maximum absolute atomic E-state index is 11.5. The third kappa shape index (κ3) is 4.05. The van der Waals surface area contributed by atoms with Crippen LogP contribution in [0.1, 0.15) is 93.4 Å². The first-order chi connectivity index (χ1) is 15.1. The number of carbonyl (C=O) groups excluding carboxylic acids is 1.